The zero-order valence-corrected chi connectivity index (χ0v) is 26.2. The summed E-state index contributed by atoms with van der Waals surface area (Å²) in [5, 5.41) is 9.91. The van der Waals surface area contributed by atoms with Gasteiger partial charge in [-0.15, -0.1) is 11.3 Å². The minimum Gasteiger partial charge on any atom is -0.456 e. The van der Waals surface area contributed by atoms with Gasteiger partial charge < -0.3 is 9.32 Å². The summed E-state index contributed by atoms with van der Waals surface area (Å²) < 4.78 is 8.84. The van der Waals surface area contributed by atoms with Crippen molar-refractivity contribution in [2.24, 2.45) is 0 Å². The van der Waals surface area contributed by atoms with Gasteiger partial charge in [-0.05, 0) is 81.2 Å². The van der Waals surface area contributed by atoms with E-state index in [1.54, 1.807) is 0 Å². The lowest BCUT2D eigenvalue weighted by molar-refractivity contribution is 0.669. The molecule has 0 saturated carbocycles. The van der Waals surface area contributed by atoms with Crippen LogP contribution in [0.15, 0.2) is 168 Å². The molecule has 2 heterocycles. The maximum absolute atomic E-state index is 6.21. The molecule has 3 heteroatoms. The van der Waals surface area contributed by atoms with E-state index < -0.39 is 0 Å². The molecule has 8 aromatic carbocycles. The third-order valence-electron chi connectivity index (χ3n) is 9.44. The molecule has 2 aromatic heterocycles. The maximum atomic E-state index is 6.21. The van der Waals surface area contributed by atoms with Crippen LogP contribution in [0.25, 0.3) is 74.8 Å². The van der Waals surface area contributed by atoms with Gasteiger partial charge in [-0.1, -0.05) is 115 Å². The zero-order valence-electron chi connectivity index (χ0n) is 25.4. The Hall–Kier alpha value is -5.90. The largest absolute Gasteiger partial charge is 0.456 e. The molecule has 0 N–H and O–H groups in total. The first-order chi connectivity index (χ1) is 23.3. The van der Waals surface area contributed by atoms with Crippen LogP contribution in [0, 0.1) is 0 Å². The van der Waals surface area contributed by atoms with E-state index in [0.717, 1.165) is 33.6 Å². The summed E-state index contributed by atoms with van der Waals surface area (Å²) in [5.74, 6) is 0. The monoisotopic (exact) mass is 617 g/mol. The number of anilines is 3. The van der Waals surface area contributed by atoms with E-state index in [4.69, 9.17) is 4.42 Å². The molecule has 10 aromatic rings. The van der Waals surface area contributed by atoms with Crippen molar-refractivity contribution in [3.63, 3.8) is 0 Å². The molecule has 0 amide bonds. The van der Waals surface area contributed by atoms with Gasteiger partial charge in [0.2, 0.25) is 0 Å². The minimum atomic E-state index is 0.919. The van der Waals surface area contributed by atoms with Crippen molar-refractivity contribution in [2.75, 3.05) is 4.90 Å². The van der Waals surface area contributed by atoms with Crippen molar-refractivity contribution in [2.45, 2.75) is 0 Å². The number of hydrogen-bond donors (Lipinski definition) is 0. The first-order valence-electron chi connectivity index (χ1n) is 15.9. The van der Waals surface area contributed by atoms with Crippen molar-refractivity contribution in [1.29, 1.82) is 0 Å². The van der Waals surface area contributed by atoms with Crippen LogP contribution in [0.5, 0.6) is 0 Å². The van der Waals surface area contributed by atoms with Gasteiger partial charge in [-0.3, -0.25) is 0 Å². The molecular weight excluding hydrogens is 591 g/mol. The number of fused-ring (bicyclic) bond motifs is 10. The number of benzene rings is 8. The quantitative estimate of drug-likeness (QED) is 0.195. The summed E-state index contributed by atoms with van der Waals surface area (Å²) in [4.78, 5) is 2.38. The summed E-state index contributed by atoms with van der Waals surface area (Å²) in [7, 11) is 0. The normalized spacial score (nSPS) is 11.8. The summed E-state index contributed by atoms with van der Waals surface area (Å²) in [6, 6.07) is 59.0. The van der Waals surface area contributed by atoms with E-state index in [-0.39, 0.29) is 0 Å². The van der Waals surface area contributed by atoms with Crippen LogP contribution < -0.4 is 4.90 Å². The molecule has 0 saturated heterocycles. The summed E-state index contributed by atoms with van der Waals surface area (Å²) in [6.45, 7) is 0. The summed E-state index contributed by atoms with van der Waals surface area (Å²) in [5.41, 5.74) is 7.62. The van der Waals surface area contributed by atoms with Gasteiger partial charge >= 0.3 is 0 Å². The lowest BCUT2D eigenvalue weighted by Crippen LogP contribution is -2.09. The SMILES string of the molecule is c1ccc(-c2ccc(N(c3ccc4c(ccc5oc6ccccc6c54)c3)c3ccc4c(c3)sc3c5ccccc5ccc43)cc2)cc1. The molecular formula is C44H27NOS. The Morgan fingerprint density at radius 3 is 1.94 bits per heavy atom. The van der Waals surface area contributed by atoms with Gasteiger partial charge in [-0.25, -0.2) is 0 Å². The Kier molecular flexibility index (Phi) is 5.78. The predicted octanol–water partition coefficient (Wildman–Crippen LogP) is 13.4. The van der Waals surface area contributed by atoms with E-state index >= 15 is 0 Å². The Morgan fingerprint density at radius 1 is 0.404 bits per heavy atom. The molecule has 47 heavy (non-hydrogen) atoms. The van der Waals surface area contributed by atoms with Crippen molar-refractivity contribution in [1.82, 2.24) is 0 Å². The summed E-state index contributed by atoms with van der Waals surface area (Å²) in [6.07, 6.45) is 0. The second kappa shape index (κ2) is 10.3. The number of para-hydroxylation sites is 1. The topological polar surface area (TPSA) is 16.4 Å². The fourth-order valence-corrected chi connectivity index (χ4v) is 8.46. The second-order valence-electron chi connectivity index (χ2n) is 12.1. The molecule has 0 unspecified atom stereocenters. The smallest absolute Gasteiger partial charge is 0.136 e. The van der Waals surface area contributed by atoms with Crippen LogP contribution in [0.1, 0.15) is 0 Å². The molecule has 0 fully saturated rings. The highest BCUT2D eigenvalue weighted by atomic mass is 32.1. The lowest BCUT2D eigenvalue weighted by Gasteiger charge is -2.26. The van der Waals surface area contributed by atoms with Gasteiger partial charge in [0.05, 0.1) is 0 Å². The number of rotatable bonds is 4. The molecule has 0 aliphatic carbocycles. The van der Waals surface area contributed by atoms with E-state index in [2.05, 4.69) is 157 Å². The van der Waals surface area contributed by atoms with Crippen LogP contribution >= 0.6 is 11.3 Å². The van der Waals surface area contributed by atoms with Gasteiger partial charge in [0.15, 0.2) is 0 Å². The van der Waals surface area contributed by atoms with Crippen LogP contribution in [0.2, 0.25) is 0 Å². The second-order valence-corrected chi connectivity index (χ2v) is 13.2. The zero-order chi connectivity index (χ0) is 30.9. The van der Waals surface area contributed by atoms with Gasteiger partial charge in [0, 0.05) is 48.0 Å². The fourth-order valence-electron chi connectivity index (χ4n) is 7.19. The van der Waals surface area contributed by atoms with Crippen molar-refractivity contribution < 1.29 is 4.42 Å². The molecule has 0 aliphatic rings. The number of furan rings is 1. The van der Waals surface area contributed by atoms with Crippen LogP contribution in [-0.2, 0) is 0 Å². The Bertz CT molecular complexity index is 2780. The van der Waals surface area contributed by atoms with E-state index in [0.29, 0.717) is 0 Å². The highest BCUT2D eigenvalue weighted by Crippen LogP contribution is 2.44. The molecule has 0 atom stereocenters. The van der Waals surface area contributed by atoms with Gasteiger partial charge in [0.25, 0.3) is 0 Å². The summed E-state index contributed by atoms with van der Waals surface area (Å²) >= 11 is 1.88. The molecule has 2 nitrogen and oxygen atoms in total. The van der Waals surface area contributed by atoms with Crippen molar-refractivity contribution >= 4 is 92.1 Å². The molecule has 0 aliphatic heterocycles. The average Bonchev–Trinajstić information content (AvgIpc) is 3.71. The first kappa shape index (κ1) is 26.3. The number of nitrogens with zero attached hydrogens (tertiary/aromatic N) is 1. The first-order valence-corrected chi connectivity index (χ1v) is 16.7. The Balaban J connectivity index is 1.17. The Morgan fingerprint density at radius 2 is 1.06 bits per heavy atom. The van der Waals surface area contributed by atoms with Crippen molar-refractivity contribution in [3.8, 4) is 11.1 Å². The fraction of sp³-hybridized carbons (Fsp3) is 0. The predicted molar refractivity (Wildman–Crippen MR) is 202 cm³/mol. The number of thiophene rings is 1. The standard InChI is InChI=1S/C44H27NOS/c1-2-8-28(9-3-1)29-14-18-32(19-15-29)45(33-20-23-35-31(26-33)17-25-41-43(35)39-12-6-7-13-40(39)46-41)34-21-24-37-38-22-16-30-10-4-5-11-36(30)44(38)47-42(37)27-34/h1-27H. The molecule has 220 valence electrons. The van der Waals surface area contributed by atoms with E-state index in [9.17, 15) is 0 Å². The highest BCUT2D eigenvalue weighted by Gasteiger charge is 2.18. The molecule has 10 rings (SSSR count). The third kappa shape index (κ3) is 4.17. The highest BCUT2D eigenvalue weighted by molar-refractivity contribution is 7.26. The lowest BCUT2D eigenvalue weighted by atomic mass is 10.0. The van der Waals surface area contributed by atoms with Gasteiger partial charge in [0.1, 0.15) is 11.2 Å². The van der Waals surface area contributed by atoms with E-state index in [1.165, 1.54) is 58.2 Å². The minimum absolute atomic E-state index is 0.919. The van der Waals surface area contributed by atoms with Crippen LogP contribution in [0.3, 0.4) is 0 Å². The van der Waals surface area contributed by atoms with Crippen LogP contribution in [-0.4, -0.2) is 0 Å². The van der Waals surface area contributed by atoms with Gasteiger partial charge in [-0.2, -0.15) is 0 Å². The molecule has 0 bridgehead atoms. The maximum Gasteiger partial charge on any atom is 0.136 e. The van der Waals surface area contributed by atoms with Crippen LogP contribution in [0.4, 0.5) is 17.1 Å². The average molecular weight is 618 g/mol. The molecule has 0 spiro atoms. The van der Waals surface area contributed by atoms with E-state index in [1.807, 2.05) is 23.5 Å². The van der Waals surface area contributed by atoms with Crippen molar-refractivity contribution in [3.05, 3.63) is 164 Å². The Labute approximate surface area is 275 Å². The molecule has 0 radical (unpaired) electrons. The third-order valence-corrected chi connectivity index (χ3v) is 10.6. The number of hydrogen-bond acceptors (Lipinski definition) is 3.